The van der Waals surface area contributed by atoms with Crippen molar-refractivity contribution in [3.8, 4) is 16.9 Å². The third-order valence-corrected chi connectivity index (χ3v) is 3.37. The van der Waals surface area contributed by atoms with Crippen LogP contribution in [0.1, 0.15) is 13.8 Å². The SMILES string of the molecule is CC(C)Oc1ccc(Cl)cc1-c1ccc2[nH]c(=O)[nH]c2c1. The van der Waals surface area contributed by atoms with E-state index in [-0.39, 0.29) is 11.8 Å². The lowest BCUT2D eigenvalue weighted by Gasteiger charge is -2.15. The third-order valence-electron chi connectivity index (χ3n) is 3.13. The molecule has 1 heterocycles. The van der Waals surface area contributed by atoms with Gasteiger partial charge in [-0.15, -0.1) is 0 Å². The predicted molar refractivity (Wildman–Crippen MR) is 85.1 cm³/mol. The summed E-state index contributed by atoms with van der Waals surface area (Å²) in [7, 11) is 0. The molecule has 0 amide bonds. The van der Waals surface area contributed by atoms with E-state index in [1.807, 2.05) is 44.2 Å². The molecule has 2 N–H and O–H groups in total. The second-order valence-corrected chi connectivity index (χ2v) is 5.58. The van der Waals surface area contributed by atoms with E-state index in [4.69, 9.17) is 16.3 Å². The van der Waals surface area contributed by atoms with Crippen LogP contribution in [0.3, 0.4) is 0 Å². The van der Waals surface area contributed by atoms with E-state index in [9.17, 15) is 4.79 Å². The van der Waals surface area contributed by atoms with Gasteiger partial charge in [0, 0.05) is 10.6 Å². The minimum Gasteiger partial charge on any atom is -0.490 e. The molecule has 0 aliphatic carbocycles. The van der Waals surface area contributed by atoms with Crippen LogP contribution in [-0.4, -0.2) is 16.1 Å². The highest BCUT2D eigenvalue weighted by molar-refractivity contribution is 6.31. The first-order chi connectivity index (χ1) is 10.0. The Balaban J connectivity index is 2.16. The molecule has 21 heavy (non-hydrogen) atoms. The zero-order valence-electron chi connectivity index (χ0n) is 11.7. The van der Waals surface area contributed by atoms with Gasteiger partial charge in [0.15, 0.2) is 0 Å². The molecule has 0 atom stereocenters. The molecule has 3 aromatic rings. The maximum Gasteiger partial charge on any atom is 0.323 e. The Bertz CT molecular complexity index is 849. The fourth-order valence-corrected chi connectivity index (χ4v) is 2.46. The summed E-state index contributed by atoms with van der Waals surface area (Å²) in [5.74, 6) is 0.770. The summed E-state index contributed by atoms with van der Waals surface area (Å²) in [6, 6.07) is 11.2. The van der Waals surface area contributed by atoms with E-state index < -0.39 is 0 Å². The highest BCUT2D eigenvalue weighted by Crippen LogP contribution is 2.34. The number of H-pyrrole nitrogens is 2. The highest BCUT2D eigenvalue weighted by atomic mass is 35.5. The lowest BCUT2D eigenvalue weighted by Crippen LogP contribution is -2.06. The monoisotopic (exact) mass is 302 g/mol. The van der Waals surface area contributed by atoms with Crippen molar-refractivity contribution in [1.29, 1.82) is 0 Å². The zero-order valence-corrected chi connectivity index (χ0v) is 12.5. The number of rotatable bonds is 3. The molecule has 1 aromatic heterocycles. The normalized spacial score (nSPS) is 11.2. The Hall–Kier alpha value is -2.20. The first-order valence-electron chi connectivity index (χ1n) is 6.71. The molecule has 0 saturated carbocycles. The minimum absolute atomic E-state index is 0.0701. The van der Waals surface area contributed by atoms with Gasteiger partial charge in [-0.2, -0.15) is 0 Å². The number of halogens is 1. The van der Waals surface area contributed by atoms with Crippen molar-refractivity contribution in [1.82, 2.24) is 9.97 Å². The smallest absolute Gasteiger partial charge is 0.323 e. The van der Waals surface area contributed by atoms with Crippen LogP contribution in [0.25, 0.3) is 22.2 Å². The Labute approximate surface area is 126 Å². The van der Waals surface area contributed by atoms with Gasteiger partial charge in [0.2, 0.25) is 0 Å². The summed E-state index contributed by atoms with van der Waals surface area (Å²) in [4.78, 5) is 16.8. The van der Waals surface area contributed by atoms with Gasteiger partial charge >= 0.3 is 5.69 Å². The average molecular weight is 303 g/mol. The van der Waals surface area contributed by atoms with Crippen LogP contribution in [-0.2, 0) is 0 Å². The van der Waals surface area contributed by atoms with Gasteiger partial charge in [0.1, 0.15) is 5.75 Å². The van der Waals surface area contributed by atoms with Crippen molar-refractivity contribution in [3.63, 3.8) is 0 Å². The molecule has 0 radical (unpaired) electrons. The van der Waals surface area contributed by atoms with Crippen LogP contribution in [0.2, 0.25) is 5.02 Å². The van der Waals surface area contributed by atoms with Crippen LogP contribution >= 0.6 is 11.6 Å². The molecule has 4 nitrogen and oxygen atoms in total. The minimum atomic E-state index is -0.216. The number of benzene rings is 2. The molecule has 0 aliphatic heterocycles. The third kappa shape index (κ3) is 2.81. The molecule has 0 bridgehead atoms. The van der Waals surface area contributed by atoms with Crippen molar-refractivity contribution < 1.29 is 4.74 Å². The first-order valence-corrected chi connectivity index (χ1v) is 7.09. The fraction of sp³-hybridized carbons (Fsp3) is 0.188. The second-order valence-electron chi connectivity index (χ2n) is 5.15. The van der Waals surface area contributed by atoms with Crippen molar-refractivity contribution in [2.45, 2.75) is 20.0 Å². The Morgan fingerprint density at radius 2 is 1.81 bits per heavy atom. The summed E-state index contributed by atoms with van der Waals surface area (Å²) in [6.07, 6.45) is 0.0701. The fourth-order valence-electron chi connectivity index (χ4n) is 2.28. The highest BCUT2D eigenvalue weighted by Gasteiger charge is 2.10. The molecule has 0 aliphatic rings. The Morgan fingerprint density at radius 1 is 1.05 bits per heavy atom. The largest absolute Gasteiger partial charge is 0.490 e. The maximum absolute atomic E-state index is 11.3. The lowest BCUT2D eigenvalue weighted by atomic mass is 10.0. The maximum atomic E-state index is 11.3. The summed E-state index contributed by atoms with van der Waals surface area (Å²) in [5, 5.41) is 0.642. The van der Waals surface area contributed by atoms with Gasteiger partial charge in [0.25, 0.3) is 0 Å². The number of imidazole rings is 1. The van der Waals surface area contributed by atoms with Crippen molar-refractivity contribution >= 4 is 22.6 Å². The van der Waals surface area contributed by atoms with Gasteiger partial charge in [-0.1, -0.05) is 17.7 Å². The zero-order chi connectivity index (χ0) is 15.0. The number of fused-ring (bicyclic) bond motifs is 1. The van der Waals surface area contributed by atoms with Gasteiger partial charge in [0.05, 0.1) is 17.1 Å². The molecular formula is C16H15ClN2O2. The summed E-state index contributed by atoms with van der Waals surface area (Å²) in [6.45, 7) is 3.95. The van der Waals surface area contributed by atoms with Crippen molar-refractivity contribution in [3.05, 3.63) is 51.9 Å². The number of nitrogens with one attached hydrogen (secondary N) is 2. The average Bonchev–Trinajstić information content (AvgIpc) is 2.79. The molecule has 0 spiro atoms. The van der Waals surface area contributed by atoms with Crippen LogP contribution in [0.4, 0.5) is 0 Å². The van der Waals surface area contributed by atoms with Crippen LogP contribution in [0.5, 0.6) is 5.75 Å². The lowest BCUT2D eigenvalue weighted by molar-refractivity contribution is 0.243. The molecule has 2 aromatic carbocycles. The van der Waals surface area contributed by atoms with E-state index >= 15 is 0 Å². The number of ether oxygens (including phenoxy) is 1. The quantitative estimate of drug-likeness (QED) is 0.769. The van der Waals surface area contributed by atoms with Crippen molar-refractivity contribution in [2.24, 2.45) is 0 Å². The number of aromatic nitrogens is 2. The summed E-state index contributed by atoms with van der Waals surface area (Å²) < 4.78 is 5.83. The van der Waals surface area contributed by atoms with Gasteiger partial charge in [-0.25, -0.2) is 4.79 Å². The molecular weight excluding hydrogens is 288 g/mol. The van der Waals surface area contributed by atoms with E-state index in [1.165, 1.54) is 0 Å². The summed E-state index contributed by atoms with van der Waals surface area (Å²) in [5.41, 5.74) is 3.16. The molecule has 0 saturated heterocycles. The summed E-state index contributed by atoms with van der Waals surface area (Å²) >= 11 is 6.11. The van der Waals surface area contributed by atoms with Crippen LogP contribution in [0.15, 0.2) is 41.2 Å². The number of hydrogen-bond donors (Lipinski definition) is 2. The standard InChI is InChI=1S/C16H15ClN2O2/c1-9(2)21-15-6-4-11(17)8-12(15)10-3-5-13-14(7-10)19-16(20)18-13/h3-9H,1-2H3,(H2,18,19,20). The van der Waals surface area contributed by atoms with E-state index in [0.29, 0.717) is 5.02 Å². The molecule has 0 fully saturated rings. The van der Waals surface area contributed by atoms with E-state index in [0.717, 1.165) is 27.9 Å². The molecule has 3 rings (SSSR count). The molecule has 0 unspecified atom stereocenters. The van der Waals surface area contributed by atoms with Crippen LogP contribution in [0, 0.1) is 0 Å². The first kappa shape index (κ1) is 13.8. The second kappa shape index (κ2) is 5.30. The van der Waals surface area contributed by atoms with E-state index in [1.54, 1.807) is 6.07 Å². The number of aromatic amines is 2. The predicted octanol–water partition coefficient (Wildman–Crippen LogP) is 3.96. The Kier molecular flexibility index (Phi) is 3.47. The van der Waals surface area contributed by atoms with Gasteiger partial charge < -0.3 is 14.7 Å². The topological polar surface area (TPSA) is 57.9 Å². The Morgan fingerprint density at radius 3 is 2.57 bits per heavy atom. The number of hydrogen-bond acceptors (Lipinski definition) is 2. The van der Waals surface area contributed by atoms with Gasteiger partial charge in [-0.3, -0.25) is 0 Å². The van der Waals surface area contributed by atoms with Crippen molar-refractivity contribution in [2.75, 3.05) is 0 Å². The molecule has 5 heteroatoms. The molecule has 108 valence electrons. The van der Waals surface area contributed by atoms with E-state index in [2.05, 4.69) is 9.97 Å². The van der Waals surface area contributed by atoms with Gasteiger partial charge in [-0.05, 0) is 49.7 Å². The van der Waals surface area contributed by atoms with Crippen LogP contribution < -0.4 is 10.4 Å².